The van der Waals surface area contributed by atoms with Gasteiger partial charge >= 0.3 is 0 Å². The summed E-state index contributed by atoms with van der Waals surface area (Å²) < 4.78 is 8.24. The van der Waals surface area contributed by atoms with E-state index in [2.05, 4.69) is 36.4 Å². The fourth-order valence-corrected chi connectivity index (χ4v) is 3.81. The summed E-state index contributed by atoms with van der Waals surface area (Å²) in [7, 11) is 0. The number of carbonyl (C=O) groups excluding carboxylic acids is 1. The second-order valence-electron chi connectivity index (χ2n) is 6.03. The van der Waals surface area contributed by atoms with E-state index < -0.39 is 0 Å². The van der Waals surface area contributed by atoms with Crippen molar-refractivity contribution in [1.82, 2.24) is 19.7 Å². The first kappa shape index (κ1) is 19.4. The molecule has 0 spiro atoms. The number of benzene rings is 1. The van der Waals surface area contributed by atoms with Crippen LogP contribution in [0, 0.1) is 0 Å². The Morgan fingerprint density at radius 2 is 2.03 bits per heavy atom. The second-order valence-corrected chi connectivity index (χ2v) is 7.83. The number of furan rings is 1. The topological polar surface area (TPSA) is 85.8 Å². The van der Waals surface area contributed by atoms with Crippen LogP contribution in [0.5, 0.6) is 0 Å². The first-order chi connectivity index (χ1) is 14.2. The van der Waals surface area contributed by atoms with Gasteiger partial charge in [-0.1, -0.05) is 23.9 Å². The molecule has 0 bridgehead atoms. The fourth-order valence-electron chi connectivity index (χ4n) is 2.68. The fraction of sp³-hybridized carbons (Fsp3) is 0.100. The standard InChI is InChI=1S/C20H16BrN5O2S/c21-16-7-1-2-8-17(16)23-18(27)13-29-20-25-24-19(14-5-3-9-22-11-14)26(20)12-15-6-4-10-28-15/h1-11H,12-13H2,(H,23,27). The van der Waals surface area contributed by atoms with Crippen molar-refractivity contribution >= 4 is 39.3 Å². The maximum atomic E-state index is 12.4. The Labute approximate surface area is 179 Å². The molecule has 0 saturated carbocycles. The Bertz CT molecular complexity index is 1100. The number of para-hydroxylation sites is 1. The van der Waals surface area contributed by atoms with E-state index in [-0.39, 0.29) is 11.7 Å². The zero-order valence-electron chi connectivity index (χ0n) is 15.2. The molecule has 0 atom stereocenters. The van der Waals surface area contributed by atoms with Crippen molar-refractivity contribution in [2.75, 3.05) is 11.1 Å². The van der Waals surface area contributed by atoms with Gasteiger partial charge in [0.2, 0.25) is 5.91 Å². The SMILES string of the molecule is O=C(CSc1nnc(-c2cccnc2)n1Cc1ccco1)Nc1ccccc1Br. The van der Waals surface area contributed by atoms with Crippen molar-refractivity contribution in [2.45, 2.75) is 11.7 Å². The molecule has 146 valence electrons. The van der Waals surface area contributed by atoms with Crippen LogP contribution in [0.3, 0.4) is 0 Å². The molecule has 7 nitrogen and oxygen atoms in total. The van der Waals surface area contributed by atoms with Gasteiger partial charge in [-0.2, -0.15) is 0 Å². The molecule has 4 rings (SSSR count). The summed E-state index contributed by atoms with van der Waals surface area (Å²) in [5, 5.41) is 12.1. The van der Waals surface area contributed by atoms with Crippen LogP contribution < -0.4 is 5.32 Å². The highest BCUT2D eigenvalue weighted by Gasteiger charge is 2.17. The van der Waals surface area contributed by atoms with Crippen LogP contribution in [0.2, 0.25) is 0 Å². The molecule has 3 heterocycles. The summed E-state index contributed by atoms with van der Waals surface area (Å²) in [6, 6.07) is 15.0. The predicted octanol–water partition coefficient (Wildman–Crippen LogP) is 4.47. The third kappa shape index (κ3) is 4.75. The van der Waals surface area contributed by atoms with Crippen molar-refractivity contribution in [1.29, 1.82) is 0 Å². The number of carbonyl (C=O) groups is 1. The first-order valence-corrected chi connectivity index (χ1v) is 10.5. The summed E-state index contributed by atoms with van der Waals surface area (Å²) in [6.45, 7) is 0.457. The molecule has 3 aromatic heterocycles. The lowest BCUT2D eigenvalue weighted by Gasteiger charge is -2.09. The molecule has 0 radical (unpaired) electrons. The van der Waals surface area contributed by atoms with E-state index in [9.17, 15) is 4.79 Å². The molecular weight excluding hydrogens is 454 g/mol. The Morgan fingerprint density at radius 3 is 2.79 bits per heavy atom. The van der Waals surface area contributed by atoms with Crippen LogP contribution in [-0.4, -0.2) is 31.4 Å². The van der Waals surface area contributed by atoms with Crippen LogP contribution in [0.4, 0.5) is 5.69 Å². The third-order valence-electron chi connectivity index (χ3n) is 4.01. The number of nitrogens with zero attached hydrogens (tertiary/aromatic N) is 4. The zero-order valence-corrected chi connectivity index (χ0v) is 17.6. The molecule has 0 fully saturated rings. The smallest absolute Gasteiger partial charge is 0.234 e. The third-order valence-corrected chi connectivity index (χ3v) is 5.67. The van der Waals surface area contributed by atoms with Gasteiger partial charge in [-0.25, -0.2) is 0 Å². The highest BCUT2D eigenvalue weighted by Crippen LogP contribution is 2.26. The lowest BCUT2D eigenvalue weighted by Crippen LogP contribution is -2.15. The number of anilines is 1. The zero-order chi connectivity index (χ0) is 20.1. The molecule has 9 heteroatoms. The average Bonchev–Trinajstić information content (AvgIpc) is 3.39. The number of aromatic nitrogens is 4. The van der Waals surface area contributed by atoms with Gasteiger partial charge in [-0.15, -0.1) is 10.2 Å². The lowest BCUT2D eigenvalue weighted by atomic mass is 10.2. The molecule has 0 aliphatic rings. The first-order valence-electron chi connectivity index (χ1n) is 8.74. The quantitative estimate of drug-likeness (QED) is 0.401. The van der Waals surface area contributed by atoms with Gasteiger partial charge in [-0.05, 0) is 52.3 Å². The molecule has 4 aromatic rings. The lowest BCUT2D eigenvalue weighted by molar-refractivity contribution is -0.113. The number of hydrogen-bond donors (Lipinski definition) is 1. The average molecular weight is 470 g/mol. The summed E-state index contributed by atoms with van der Waals surface area (Å²) in [5.41, 5.74) is 1.57. The molecule has 0 saturated heterocycles. The number of pyridine rings is 1. The molecule has 0 aliphatic carbocycles. The van der Waals surface area contributed by atoms with Crippen molar-refractivity contribution in [2.24, 2.45) is 0 Å². The van der Waals surface area contributed by atoms with Crippen LogP contribution in [0.1, 0.15) is 5.76 Å². The van der Waals surface area contributed by atoms with Gasteiger partial charge in [0.1, 0.15) is 5.76 Å². The van der Waals surface area contributed by atoms with E-state index in [0.717, 1.165) is 21.5 Å². The summed E-state index contributed by atoms with van der Waals surface area (Å²) in [4.78, 5) is 16.6. The monoisotopic (exact) mass is 469 g/mol. The van der Waals surface area contributed by atoms with Crippen LogP contribution in [0.25, 0.3) is 11.4 Å². The van der Waals surface area contributed by atoms with Gasteiger partial charge in [-0.3, -0.25) is 14.3 Å². The minimum atomic E-state index is -0.127. The predicted molar refractivity (Wildman–Crippen MR) is 115 cm³/mol. The molecular formula is C20H16BrN5O2S. The Kier molecular flexibility index (Phi) is 6.06. The molecule has 1 amide bonds. The number of hydrogen-bond acceptors (Lipinski definition) is 6. The maximum absolute atomic E-state index is 12.4. The number of nitrogens with one attached hydrogen (secondary N) is 1. The highest BCUT2D eigenvalue weighted by atomic mass is 79.9. The molecule has 0 unspecified atom stereocenters. The van der Waals surface area contributed by atoms with Crippen molar-refractivity contribution in [3.63, 3.8) is 0 Å². The summed E-state index contributed by atoms with van der Waals surface area (Å²) >= 11 is 4.75. The van der Waals surface area contributed by atoms with Crippen molar-refractivity contribution < 1.29 is 9.21 Å². The number of thioether (sulfide) groups is 1. The molecule has 1 N–H and O–H groups in total. The van der Waals surface area contributed by atoms with Crippen LogP contribution >= 0.6 is 27.7 Å². The van der Waals surface area contributed by atoms with Gasteiger partial charge < -0.3 is 9.73 Å². The minimum Gasteiger partial charge on any atom is -0.467 e. The normalized spacial score (nSPS) is 10.8. The number of rotatable bonds is 7. The van der Waals surface area contributed by atoms with Crippen LogP contribution in [0.15, 0.2) is 81.2 Å². The van der Waals surface area contributed by atoms with E-state index in [1.165, 1.54) is 11.8 Å². The minimum absolute atomic E-state index is 0.127. The summed E-state index contributed by atoms with van der Waals surface area (Å²) in [5.74, 6) is 1.51. The largest absolute Gasteiger partial charge is 0.467 e. The van der Waals surface area contributed by atoms with Gasteiger partial charge in [0.05, 0.1) is 24.2 Å². The summed E-state index contributed by atoms with van der Waals surface area (Å²) in [6.07, 6.45) is 5.07. The van der Waals surface area contributed by atoms with Gasteiger partial charge in [0.25, 0.3) is 0 Å². The Hall–Kier alpha value is -2.91. The Balaban J connectivity index is 1.53. The van der Waals surface area contributed by atoms with E-state index in [1.54, 1.807) is 18.7 Å². The van der Waals surface area contributed by atoms with E-state index in [1.807, 2.05) is 53.1 Å². The molecule has 0 aliphatic heterocycles. The van der Waals surface area contributed by atoms with Gasteiger partial charge in [0.15, 0.2) is 11.0 Å². The second kappa shape index (κ2) is 9.06. The van der Waals surface area contributed by atoms with E-state index >= 15 is 0 Å². The number of halogens is 1. The highest BCUT2D eigenvalue weighted by molar-refractivity contribution is 9.10. The number of amides is 1. The Morgan fingerprint density at radius 1 is 1.14 bits per heavy atom. The van der Waals surface area contributed by atoms with Crippen molar-refractivity contribution in [3.05, 3.63) is 77.4 Å². The van der Waals surface area contributed by atoms with Gasteiger partial charge in [0, 0.05) is 22.4 Å². The molecule has 1 aromatic carbocycles. The van der Waals surface area contributed by atoms with E-state index in [0.29, 0.717) is 17.5 Å². The maximum Gasteiger partial charge on any atom is 0.234 e. The van der Waals surface area contributed by atoms with Crippen molar-refractivity contribution in [3.8, 4) is 11.4 Å². The van der Waals surface area contributed by atoms with E-state index in [4.69, 9.17) is 4.42 Å². The van der Waals surface area contributed by atoms with Crippen LogP contribution in [-0.2, 0) is 11.3 Å². The molecule has 29 heavy (non-hydrogen) atoms.